The van der Waals surface area contributed by atoms with Crippen LogP contribution in [0.25, 0.3) is 0 Å². The van der Waals surface area contributed by atoms with Crippen LogP contribution in [0.1, 0.15) is 0 Å². The van der Waals surface area contributed by atoms with E-state index in [0.29, 0.717) is 0 Å². The van der Waals surface area contributed by atoms with Gasteiger partial charge in [-0.2, -0.15) is 0 Å². The number of nitrogens with zero attached hydrogens (tertiary/aromatic N) is 4. The minimum absolute atomic E-state index is 0. The summed E-state index contributed by atoms with van der Waals surface area (Å²) < 4.78 is 1.15. The van der Waals surface area contributed by atoms with Crippen LogP contribution in [-0.2, 0) is 24.0 Å². The van der Waals surface area contributed by atoms with Gasteiger partial charge in [-0.3, -0.25) is 4.79 Å². The Morgan fingerprint density at radius 2 is 2.36 bits per heavy atom. The van der Waals surface area contributed by atoms with Crippen LogP contribution in [0, 0.1) is 0 Å². The molecule has 0 atom stereocenters. The van der Waals surface area contributed by atoms with Gasteiger partial charge in [-0.15, -0.1) is 5.10 Å². The first kappa shape index (κ1) is 10.8. The predicted molar refractivity (Wildman–Crippen MR) is 32.6 cm³/mol. The van der Waals surface area contributed by atoms with E-state index >= 15 is 0 Å². The molecule has 11 heavy (non-hydrogen) atoms. The molecule has 1 aromatic rings. The van der Waals surface area contributed by atoms with Crippen LogP contribution in [0.4, 0.5) is 0 Å². The molecule has 54 valence electrons. The summed E-state index contributed by atoms with van der Waals surface area (Å²) >= 11 is 4.62. The van der Waals surface area contributed by atoms with Crippen molar-refractivity contribution < 1.29 is 34.4 Å². The number of amides is 1. The number of rotatable bonds is 2. The van der Waals surface area contributed by atoms with E-state index in [-0.39, 0.29) is 41.3 Å². The fraction of sp³-hybridized carbons (Fsp3) is 0.333. The van der Waals surface area contributed by atoms with Gasteiger partial charge in [0, 0.05) is 5.16 Å². The van der Waals surface area contributed by atoms with Crippen molar-refractivity contribution in [3.8, 4) is 0 Å². The maximum absolute atomic E-state index is 10.3. The van der Waals surface area contributed by atoms with E-state index in [0.717, 1.165) is 4.68 Å². The molecule has 0 saturated carbocycles. The molecule has 2 N–H and O–H groups in total. The first-order valence-corrected chi connectivity index (χ1v) is 2.82. The van der Waals surface area contributed by atoms with Crippen molar-refractivity contribution in [2.24, 2.45) is 5.73 Å². The molecule has 0 aromatic carbocycles. The zero-order chi connectivity index (χ0) is 7.56. The van der Waals surface area contributed by atoms with E-state index < -0.39 is 5.91 Å². The second-order valence-corrected chi connectivity index (χ2v) is 1.95. The summed E-state index contributed by atoms with van der Waals surface area (Å²) in [5.74, 6) is -0.515. The second kappa shape index (κ2) is 4.60. The molecule has 8 heteroatoms. The third kappa shape index (κ3) is 3.10. The Labute approximate surface area is 90.2 Å². The molecule has 0 fully saturated rings. The summed E-state index contributed by atoms with van der Waals surface area (Å²) in [6.07, 6.45) is 0. The number of tetrazole rings is 1. The molecular formula is C3H4N5NaOS. The number of carbonyl (C=O) groups excluding carboxylic acids is 1. The van der Waals surface area contributed by atoms with Gasteiger partial charge in [-0.1, -0.05) is 0 Å². The maximum atomic E-state index is 10.3. The Kier molecular flexibility index (Phi) is 4.50. The van der Waals surface area contributed by atoms with Crippen LogP contribution in [0.5, 0.6) is 0 Å². The molecule has 0 radical (unpaired) electrons. The van der Waals surface area contributed by atoms with Gasteiger partial charge < -0.3 is 18.4 Å². The topological polar surface area (TPSA) is 86.7 Å². The van der Waals surface area contributed by atoms with Crippen molar-refractivity contribution in [3.05, 3.63) is 0 Å². The van der Waals surface area contributed by atoms with Crippen LogP contribution >= 0.6 is 0 Å². The van der Waals surface area contributed by atoms with Gasteiger partial charge >= 0.3 is 29.6 Å². The van der Waals surface area contributed by atoms with Crippen LogP contribution in [-0.4, -0.2) is 26.1 Å². The number of aromatic nitrogens is 4. The third-order valence-electron chi connectivity index (χ3n) is 0.805. The van der Waals surface area contributed by atoms with Crippen LogP contribution in [0.2, 0.25) is 0 Å². The number of hydrogen-bond donors (Lipinski definition) is 1. The molecule has 1 heterocycles. The van der Waals surface area contributed by atoms with E-state index in [1.807, 2.05) is 0 Å². The smallest absolute Gasteiger partial charge is 0.739 e. The average molecular weight is 181 g/mol. The summed E-state index contributed by atoms with van der Waals surface area (Å²) in [6, 6.07) is 0. The van der Waals surface area contributed by atoms with Gasteiger partial charge in [0.15, 0.2) is 0 Å². The predicted octanol–water partition coefficient (Wildman–Crippen LogP) is -4.93. The van der Waals surface area contributed by atoms with E-state index in [2.05, 4.69) is 28.2 Å². The van der Waals surface area contributed by atoms with Gasteiger partial charge in [0.1, 0.15) is 6.54 Å². The summed E-state index contributed by atoms with van der Waals surface area (Å²) in [4.78, 5) is 10.3. The minimum atomic E-state index is -0.515. The molecule has 6 nitrogen and oxygen atoms in total. The Morgan fingerprint density at radius 1 is 1.73 bits per heavy atom. The van der Waals surface area contributed by atoms with Crippen LogP contribution in [0.3, 0.4) is 0 Å². The summed E-state index contributed by atoms with van der Waals surface area (Å²) in [6.45, 7) is -0.0637. The Morgan fingerprint density at radius 3 is 2.73 bits per heavy atom. The van der Waals surface area contributed by atoms with Crippen molar-refractivity contribution in [1.82, 2.24) is 20.2 Å². The Bertz CT molecular complexity index is 250. The molecule has 0 aliphatic carbocycles. The Balaban J connectivity index is 0.000001000. The van der Waals surface area contributed by atoms with E-state index in [4.69, 9.17) is 5.73 Å². The monoisotopic (exact) mass is 181 g/mol. The van der Waals surface area contributed by atoms with Gasteiger partial charge in [0.25, 0.3) is 0 Å². The molecule has 1 rings (SSSR count). The first-order valence-electron chi connectivity index (χ1n) is 2.41. The average Bonchev–Trinajstić information content (AvgIpc) is 2.15. The molecule has 0 unspecified atom stereocenters. The van der Waals surface area contributed by atoms with Gasteiger partial charge in [0.2, 0.25) is 5.91 Å². The Hall–Kier alpha value is -0.240. The van der Waals surface area contributed by atoms with Gasteiger partial charge in [0.05, 0.1) is 0 Å². The normalized spacial score (nSPS) is 8.73. The molecule has 0 bridgehead atoms. The van der Waals surface area contributed by atoms with Gasteiger partial charge in [-0.05, 0) is 10.4 Å². The standard InChI is InChI=1S/C3H5N5OS.Na/c4-2(9)1-8-3(10)5-6-7-8;/h1H2,(H2,4,9)(H,5,7,10);/q;+1/p-1. The van der Waals surface area contributed by atoms with Crippen molar-refractivity contribution in [2.75, 3.05) is 0 Å². The summed E-state index contributed by atoms with van der Waals surface area (Å²) in [5, 5.41) is 10.2. The van der Waals surface area contributed by atoms with E-state index in [9.17, 15) is 4.79 Å². The van der Waals surface area contributed by atoms with Gasteiger partial charge in [-0.25, -0.2) is 4.68 Å². The number of nitrogens with two attached hydrogens (primary N) is 1. The summed E-state index contributed by atoms with van der Waals surface area (Å²) in [5.41, 5.74) is 4.85. The van der Waals surface area contributed by atoms with E-state index in [1.165, 1.54) is 0 Å². The molecule has 0 aliphatic rings. The molecule has 0 aliphatic heterocycles. The van der Waals surface area contributed by atoms with Crippen LogP contribution in [0.15, 0.2) is 5.16 Å². The van der Waals surface area contributed by atoms with Crippen molar-refractivity contribution in [1.29, 1.82) is 0 Å². The third-order valence-corrected chi connectivity index (χ3v) is 1.10. The summed E-state index contributed by atoms with van der Waals surface area (Å²) in [7, 11) is 0. The second-order valence-electron chi connectivity index (χ2n) is 1.59. The fourth-order valence-electron chi connectivity index (χ4n) is 0.443. The number of primary amides is 1. The quantitative estimate of drug-likeness (QED) is 0.365. The molecule has 0 spiro atoms. The zero-order valence-corrected chi connectivity index (χ0v) is 8.71. The minimum Gasteiger partial charge on any atom is -0.739 e. The SMILES string of the molecule is NC(=O)Cn1nnnc1[S-].[Na+]. The molecule has 0 saturated heterocycles. The molecule has 1 aromatic heterocycles. The zero-order valence-electron chi connectivity index (χ0n) is 5.89. The van der Waals surface area contributed by atoms with Crippen molar-refractivity contribution in [3.63, 3.8) is 0 Å². The maximum Gasteiger partial charge on any atom is 1.00 e. The number of carbonyl (C=O) groups is 1. The molecule has 1 amide bonds. The van der Waals surface area contributed by atoms with E-state index in [1.54, 1.807) is 0 Å². The molecular weight excluding hydrogens is 177 g/mol. The number of hydrogen-bond acceptors (Lipinski definition) is 5. The fourth-order valence-corrected chi connectivity index (χ4v) is 0.581. The van der Waals surface area contributed by atoms with Crippen LogP contribution < -0.4 is 35.3 Å². The van der Waals surface area contributed by atoms with Crippen molar-refractivity contribution >= 4 is 18.5 Å². The van der Waals surface area contributed by atoms with Crippen molar-refractivity contribution in [2.45, 2.75) is 11.7 Å². The first-order chi connectivity index (χ1) is 4.70. The largest absolute Gasteiger partial charge is 1.00 e.